The molecular formula is C14H14Cl2N2O2S. The lowest BCUT2D eigenvalue weighted by Gasteiger charge is -2.30. The van der Waals surface area contributed by atoms with Gasteiger partial charge in [0.15, 0.2) is 5.11 Å². The minimum atomic E-state index is -0.496. The molecule has 1 aliphatic heterocycles. The van der Waals surface area contributed by atoms with Crippen molar-refractivity contribution in [2.45, 2.75) is 19.9 Å². The lowest BCUT2D eigenvalue weighted by atomic mass is 9.95. The Hall–Kier alpha value is -1.30. The molecule has 1 aliphatic rings. The number of esters is 1. The van der Waals surface area contributed by atoms with Crippen molar-refractivity contribution in [3.63, 3.8) is 0 Å². The van der Waals surface area contributed by atoms with E-state index in [2.05, 4.69) is 10.6 Å². The van der Waals surface area contributed by atoms with Crippen LogP contribution in [0.3, 0.4) is 0 Å². The van der Waals surface area contributed by atoms with Gasteiger partial charge in [-0.05, 0) is 37.7 Å². The number of allylic oxidation sites excluding steroid dienone is 1. The summed E-state index contributed by atoms with van der Waals surface area (Å²) in [6, 6.07) is 4.76. The lowest BCUT2D eigenvalue weighted by Crippen LogP contribution is -2.45. The van der Waals surface area contributed by atoms with Crippen molar-refractivity contribution in [1.82, 2.24) is 10.6 Å². The Bertz CT molecular complexity index is 631. The molecule has 4 nitrogen and oxygen atoms in total. The molecule has 1 unspecified atom stereocenters. The lowest BCUT2D eigenvalue weighted by molar-refractivity contribution is -0.139. The molecule has 0 saturated heterocycles. The maximum atomic E-state index is 12.2. The van der Waals surface area contributed by atoms with Crippen molar-refractivity contribution < 1.29 is 9.53 Å². The Kier molecular flexibility index (Phi) is 5.08. The normalized spacial score (nSPS) is 18.1. The summed E-state index contributed by atoms with van der Waals surface area (Å²) in [5, 5.41) is 7.19. The Morgan fingerprint density at radius 3 is 2.81 bits per heavy atom. The second kappa shape index (κ2) is 6.64. The minimum Gasteiger partial charge on any atom is -0.463 e. The highest BCUT2D eigenvalue weighted by Gasteiger charge is 2.32. The molecule has 7 heteroatoms. The van der Waals surface area contributed by atoms with Gasteiger partial charge < -0.3 is 15.4 Å². The molecule has 1 heterocycles. The molecule has 1 atom stereocenters. The van der Waals surface area contributed by atoms with Gasteiger partial charge >= 0.3 is 5.97 Å². The summed E-state index contributed by atoms with van der Waals surface area (Å²) in [6.45, 7) is 3.81. The van der Waals surface area contributed by atoms with Crippen LogP contribution in [0.15, 0.2) is 29.5 Å². The van der Waals surface area contributed by atoms with Crippen LogP contribution in [-0.4, -0.2) is 17.7 Å². The monoisotopic (exact) mass is 344 g/mol. The summed E-state index contributed by atoms with van der Waals surface area (Å²) < 4.78 is 5.11. The van der Waals surface area contributed by atoms with Crippen molar-refractivity contribution in [2.75, 3.05) is 6.61 Å². The van der Waals surface area contributed by atoms with Crippen LogP contribution in [0.2, 0.25) is 10.0 Å². The molecule has 0 radical (unpaired) electrons. The van der Waals surface area contributed by atoms with Gasteiger partial charge in [-0.2, -0.15) is 0 Å². The fourth-order valence-electron chi connectivity index (χ4n) is 2.15. The van der Waals surface area contributed by atoms with Crippen molar-refractivity contribution >= 4 is 46.5 Å². The van der Waals surface area contributed by atoms with Gasteiger partial charge in [-0.15, -0.1) is 0 Å². The molecule has 0 fully saturated rings. The Morgan fingerprint density at radius 2 is 2.14 bits per heavy atom. The SMILES string of the molecule is CCOC(=O)C1=C(C)NC(=S)NC1c1cccc(Cl)c1Cl. The van der Waals surface area contributed by atoms with E-state index in [1.165, 1.54) is 0 Å². The van der Waals surface area contributed by atoms with Crippen LogP contribution in [0, 0.1) is 0 Å². The maximum absolute atomic E-state index is 12.2. The number of benzene rings is 1. The molecule has 21 heavy (non-hydrogen) atoms. The van der Waals surface area contributed by atoms with E-state index in [4.69, 9.17) is 40.2 Å². The predicted molar refractivity (Wildman–Crippen MR) is 87.4 cm³/mol. The highest BCUT2D eigenvalue weighted by molar-refractivity contribution is 7.80. The Balaban J connectivity index is 2.52. The first-order valence-corrected chi connectivity index (χ1v) is 7.51. The summed E-state index contributed by atoms with van der Waals surface area (Å²) in [4.78, 5) is 12.2. The van der Waals surface area contributed by atoms with Crippen molar-refractivity contribution in [3.05, 3.63) is 45.1 Å². The van der Waals surface area contributed by atoms with E-state index in [1.54, 1.807) is 32.0 Å². The quantitative estimate of drug-likeness (QED) is 0.650. The van der Waals surface area contributed by atoms with E-state index < -0.39 is 12.0 Å². The van der Waals surface area contributed by atoms with Crippen LogP contribution in [0.1, 0.15) is 25.5 Å². The summed E-state index contributed by atoms with van der Waals surface area (Å²) in [5.74, 6) is -0.418. The standard InChI is InChI=1S/C14H14Cl2N2O2S/c1-3-20-13(19)10-7(2)17-14(21)18-12(10)8-5-4-6-9(15)11(8)16/h4-6,12H,3H2,1-2H3,(H2,17,18,21). The highest BCUT2D eigenvalue weighted by atomic mass is 35.5. The zero-order valence-electron chi connectivity index (χ0n) is 11.5. The maximum Gasteiger partial charge on any atom is 0.338 e. The van der Waals surface area contributed by atoms with E-state index in [1.807, 2.05) is 0 Å². The van der Waals surface area contributed by atoms with Gasteiger partial charge in [-0.25, -0.2) is 4.79 Å². The number of carbonyl (C=O) groups excluding carboxylic acids is 1. The smallest absolute Gasteiger partial charge is 0.338 e. The number of rotatable bonds is 3. The minimum absolute atomic E-state index is 0.288. The van der Waals surface area contributed by atoms with E-state index in [0.717, 1.165) is 0 Å². The molecule has 2 rings (SSSR count). The van der Waals surface area contributed by atoms with E-state index in [0.29, 0.717) is 32.0 Å². The topological polar surface area (TPSA) is 50.4 Å². The van der Waals surface area contributed by atoms with Crippen LogP contribution in [0.5, 0.6) is 0 Å². The number of nitrogens with one attached hydrogen (secondary N) is 2. The van der Waals surface area contributed by atoms with Gasteiger partial charge in [0.25, 0.3) is 0 Å². The molecule has 0 aromatic heterocycles. The van der Waals surface area contributed by atoms with Gasteiger partial charge in [-0.3, -0.25) is 0 Å². The van der Waals surface area contributed by atoms with Gasteiger partial charge in [0.05, 0.1) is 28.3 Å². The molecule has 2 N–H and O–H groups in total. The third-order valence-electron chi connectivity index (χ3n) is 3.06. The molecule has 112 valence electrons. The third-order valence-corrected chi connectivity index (χ3v) is 4.11. The number of hydrogen-bond donors (Lipinski definition) is 2. The average Bonchev–Trinajstić information content (AvgIpc) is 2.41. The number of carbonyl (C=O) groups is 1. The molecule has 0 aliphatic carbocycles. The van der Waals surface area contributed by atoms with Crippen molar-refractivity contribution in [2.24, 2.45) is 0 Å². The fourth-order valence-corrected chi connectivity index (χ4v) is 2.84. The van der Waals surface area contributed by atoms with Gasteiger partial charge in [0.1, 0.15) is 0 Å². The molecule has 0 bridgehead atoms. The highest BCUT2D eigenvalue weighted by Crippen LogP contribution is 2.35. The van der Waals surface area contributed by atoms with E-state index in [-0.39, 0.29) is 6.61 Å². The zero-order chi connectivity index (χ0) is 15.6. The van der Waals surface area contributed by atoms with Gasteiger partial charge in [0.2, 0.25) is 0 Å². The molecular weight excluding hydrogens is 331 g/mol. The van der Waals surface area contributed by atoms with Crippen LogP contribution < -0.4 is 10.6 Å². The number of hydrogen-bond acceptors (Lipinski definition) is 3. The second-order valence-electron chi connectivity index (χ2n) is 4.43. The summed E-state index contributed by atoms with van der Waals surface area (Å²) >= 11 is 17.5. The van der Waals surface area contributed by atoms with Crippen LogP contribution >= 0.6 is 35.4 Å². The number of ether oxygens (including phenoxy) is 1. The fraction of sp³-hybridized carbons (Fsp3) is 0.286. The Morgan fingerprint density at radius 1 is 1.43 bits per heavy atom. The van der Waals surface area contributed by atoms with E-state index in [9.17, 15) is 4.79 Å². The first-order valence-electron chi connectivity index (χ1n) is 6.35. The van der Waals surface area contributed by atoms with Crippen LogP contribution in [0.4, 0.5) is 0 Å². The zero-order valence-corrected chi connectivity index (χ0v) is 13.8. The Labute approximate surface area is 138 Å². The van der Waals surface area contributed by atoms with Crippen LogP contribution in [0.25, 0.3) is 0 Å². The average molecular weight is 345 g/mol. The molecule has 0 spiro atoms. The summed E-state index contributed by atoms with van der Waals surface area (Å²) in [5.41, 5.74) is 1.75. The summed E-state index contributed by atoms with van der Waals surface area (Å²) in [7, 11) is 0. The van der Waals surface area contributed by atoms with Gasteiger partial charge in [-0.1, -0.05) is 35.3 Å². The molecule has 0 saturated carbocycles. The molecule has 0 amide bonds. The van der Waals surface area contributed by atoms with Crippen molar-refractivity contribution in [1.29, 1.82) is 0 Å². The first-order chi connectivity index (χ1) is 9.95. The summed E-state index contributed by atoms with van der Waals surface area (Å²) in [6.07, 6.45) is 0. The van der Waals surface area contributed by atoms with Crippen LogP contribution in [-0.2, 0) is 9.53 Å². The van der Waals surface area contributed by atoms with E-state index >= 15 is 0 Å². The number of halogens is 2. The van der Waals surface area contributed by atoms with Crippen molar-refractivity contribution in [3.8, 4) is 0 Å². The molecule has 1 aromatic carbocycles. The third kappa shape index (κ3) is 3.31. The largest absolute Gasteiger partial charge is 0.463 e. The number of thiocarbonyl (C=S) groups is 1. The predicted octanol–water partition coefficient (Wildman–Crippen LogP) is 3.35. The first kappa shape index (κ1) is 16.1. The second-order valence-corrected chi connectivity index (χ2v) is 5.63. The molecule has 1 aromatic rings. The van der Waals surface area contributed by atoms with Gasteiger partial charge in [0, 0.05) is 5.70 Å².